The third kappa shape index (κ3) is 3.85. The van der Waals surface area contributed by atoms with E-state index in [-0.39, 0.29) is 11.6 Å². The summed E-state index contributed by atoms with van der Waals surface area (Å²) in [6, 6.07) is 9.16. The molecule has 1 N–H and O–H groups in total. The molecule has 0 aromatic heterocycles. The van der Waals surface area contributed by atoms with Crippen molar-refractivity contribution >= 4 is 0 Å². The van der Waals surface area contributed by atoms with Gasteiger partial charge in [0.15, 0.2) is 0 Å². The predicted molar refractivity (Wildman–Crippen MR) is 86.6 cm³/mol. The Balaban J connectivity index is 2.29. The molecule has 0 amide bonds. The zero-order valence-corrected chi connectivity index (χ0v) is 13.7. The number of rotatable bonds is 7. The Labute approximate surface area is 129 Å². The quantitative estimate of drug-likeness (QED) is 0.834. The van der Waals surface area contributed by atoms with Gasteiger partial charge in [0.25, 0.3) is 0 Å². The highest BCUT2D eigenvalue weighted by Crippen LogP contribution is 2.38. The van der Waals surface area contributed by atoms with Gasteiger partial charge >= 0.3 is 0 Å². The van der Waals surface area contributed by atoms with Crippen LogP contribution < -0.4 is 5.32 Å². The van der Waals surface area contributed by atoms with Crippen LogP contribution in [0.4, 0.5) is 0 Å². The van der Waals surface area contributed by atoms with Crippen molar-refractivity contribution in [3.05, 3.63) is 35.4 Å². The molecule has 3 nitrogen and oxygen atoms in total. The summed E-state index contributed by atoms with van der Waals surface area (Å²) in [4.78, 5) is 0. The van der Waals surface area contributed by atoms with Gasteiger partial charge in [0, 0.05) is 32.7 Å². The molecule has 0 saturated carbocycles. The Morgan fingerprint density at radius 3 is 2.67 bits per heavy atom. The van der Waals surface area contributed by atoms with Crippen molar-refractivity contribution in [2.45, 2.75) is 51.2 Å². The van der Waals surface area contributed by atoms with Crippen molar-refractivity contribution < 1.29 is 9.47 Å². The molecule has 1 fully saturated rings. The number of hydrogen-bond acceptors (Lipinski definition) is 3. The lowest BCUT2D eigenvalue weighted by molar-refractivity contribution is -0.127. The van der Waals surface area contributed by atoms with Gasteiger partial charge in [-0.05, 0) is 31.5 Å². The normalized spacial score (nSPS) is 19.4. The van der Waals surface area contributed by atoms with E-state index in [9.17, 15) is 0 Å². The first-order valence-electron chi connectivity index (χ1n) is 8.23. The summed E-state index contributed by atoms with van der Waals surface area (Å²) >= 11 is 0. The highest BCUT2D eigenvalue weighted by Gasteiger charge is 2.41. The van der Waals surface area contributed by atoms with E-state index in [4.69, 9.17) is 9.47 Å². The van der Waals surface area contributed by atoms with Crippen molar-refractivity contribution in [2.75, 3.05) is 26.9 Å². The molecule has 3 heteroatoms. The Bertz CT molecular complexity index is 421. The van der Waals surface area contributed by atoms with Gasteiger partial charge in [0.2, 0.25) is 0 Å². The van der Waals surface area contributed by atoms with E-state index < -0.39 is 0 Å². The molecule has 0 spiro atoms. The minimum absolute atomic E-state index is 0.146. The lowest BCUT2D eigenvalue weighted by Crippen LogP contribution is -2.49. The van der Waals surface area contributed by atoms with Crippen molar-refractivity contribution in [2.24, 2.45) is 0 Å². The van der Waals surface area contributed by atoms with Crippen LogP contribution in [-0.2, 0) is 15.9 Å². The second kappa shape index (κ2) is 7.92. The van der Waals surface area contributed by atoms with E-state index in [0.29, 0.717) is 0 Å². The molecule has 1 aromatic rings. The number of aryl methyl sites for hydroxylation is 1. The maximum absolute atomic E-state index is 6.24. The molecule has 1 aromatic carbocycles. The third-order valence-corrected chi connectivity index (χ3v) is 4.41. The molecule has 0 radical (unpaired) electrons. The first kappa shape index (κ1) is 16.5. The van der Waals surface area contributed by atoms with Gasteiger partial charge in [-0.15, -0.1) is 0 Å². The first-order chi connectivity index (χ1) is 10.3. The van der Waals surface area contributed by atoms with E-state index in [1.807, 2.05) is 7.05 Å². The molecule has 2 rings (SSSR count). The summed E-state index contributed by atoms with van der Waals surface area (Å²) in [5.74, 6) is 0. The van der Waals surface area contributed by atoms with Crippen molar-refractivity contribution in [1.29, 1.82) is 0 Å². The zero-order chi connectivity index (χ0) is 15.1. The third-order valence-electron chi connectivity index (χ3n) is 4.41. The van der Waals surface area contributed by atoms with E-state index >= 15 is 0 Å². The SMILES string of the molecule is CCCc1cccc(C(NC)C2(OCC)CCOCC2)c1. The maximum atomic E-state index is 6.24. The molecule has 118 valence electrons. The van der Waals surface area contributed by atoms with Gasteiger partial charge in [0.05, 0.1) is 11.6 Å². The summed E-state index contributed by atoms with van der Waals surface area (Å²) < 4.78 is 11.8. The number of benzene rings is 1. The Morgan fingerprint density at radius 2 is 2.05 bits per heavy atom. The monoisotopic (exact) mass is 291 g/mol. The lowest BCUT2D eigenvalue weighted by Gasteiger charge is -2.43. The van der Waals surface area contributed by atoms with Crippen LogP contribution in [0.2, 0.25) is 0 Å². The highest BCUT2D eigenvalue weighted by atomic mass is 16.5. The number of ether oxygens (including phenoxy) is 2. The average Bonchev–Trinajstić information content (AvgIpc) is 2.50. The summed E-state index contributed by atoms with van der Waals surface area (Å²) in [5, 5.41) is 3.50. The molecule has 1 atom stereocenters. The van der Waals surface area contributed by atoms with Crippen molar-refractivity contribution in [1.82, 2.24) is 5.32 Å². The molecule has 0 bridgehead atoms. The molecule has 0 aliphatic carbocycles. The van der Waals surface area contributed by atoms with E-state index in [1.165, 1.54) is 17.5 Å². The second-order valence-electron chi connectivity index (χ2n) is 5.83. The van der Waals surface area contributed by atoms with E-state index in [2.05, 4.69) is 43.4 Å². The standard InChI is InChI=1S/C18H29NO2/c1-4-7-15-8-6-9-16(14-15)17(19-3)18(21-5-2)10-12-20-13-11-18/h6,8-9,14,17,19H,4-5,7,10-13H2,1-3H3. The number of hydrogen-bond donors (Lipinski definition) is 1. The van der Waals surface area contributed by atoms with Crippen LogP contribution in [0.3, 0.4) is 0 Å². The van der Waals surface area contributed by atoms with Crippen LogP contribution in [0.5, 0.6) is 0 Å². The van der Waals surface area contributed by atoms with Gasteiger partial charge in [-0.3, -0.25) is 0 Å². The van der Waals surface area contributed by atoms with Gasteiger partial charge in [-0.25, -0.2) is 0 Å². The summed E-state index contributed by atoms with van der Waals surface area (Å²) in [6.07, 6.45) is 4.21. The smallest absolute Gasteiger partial charge is 0.0919 e. The molecular formula is C18H29NO2. The van der Waals surface area contributed by atoms with E-state index in [1.54, 1.807) is 0 Å². The van der Waals surface area contributed by atoms with Crippen LogP contribution in [0.15, 0.2) is 24.3 Å². The van der Waals surface area contributed by atoms with Crippen LogP contribution in [0.25, 0.3) is 0 Å². The average molecular weight is 291 g/mol. The lowest BCUT2D eigenvalue weighted by atomic mass is 9.81. The molecular weight excluding hydrogens is 262 g/mol. The fraction of sp³-hybridized carbons (Fsp3) is 0.667. The zero-order valence-electron chi connectivity index (χ0n) is 13.7. The number of likely N-dealkylation sites (N-methyl/N-ethyl adjacent to an activating group) is 1. The van der Waals surface area contributed by atoms with Crippen LogP contribution >= 0.6 is 0 Å². The predicted octanol–water partition coefficient (Wildman–Crippen LogP) is 3.49. The summed E-state index contributed by atoms with van der Waals surface area (Å²) in [7, 11) is 2.04. The van der Waals surface area contributed by atoms with Crippen molar-refractivity contribution in [3.63, 3.8) is 0 Å². The Kier molecular flexibility index (Phi) is 6.22. The molecule has 1 unspecified atom stereocenters. The van der Waals surface area contributed by atoms with Crippen LogP contribution in [0.1, 0.15) is 50.3 Å². The van der Waals surface area contributed by atoms with Crippen molar-refractivity contribution in [3.8, 4) is 0 Å². The minimum Gasteiger partial charge on any atom is -0.381 e. The largest absolute Gasteiger partial charge is 0.381 e. The van der Waals surface area contributed by atoms with Crippen LogP contribution in [-0.4, -0.2) is 32.5 Å². The van der Waals surface area contributed by atoms with Gasteiger partial charge in [-0.2, -0.15) is 0 Å². The summed E-state index contributed by atoms with van der Waals surface area (Å²) in [6.45, 7) is 6.62. The van der Waals surface area contributed by atoms with Gasteiger partial charge in [0.1, 0.15) is 0 Å². The molecule has 1 heterocycles. The maximum Gasteiger partial charge on any atom is 0.0919 e. The molecule has 1 aliphatic rings. The molecule has 1 aliphatic heterocycles. The fourth-order valence-corrected chi connectivity index (χ4v) is 3.47. The van der Waals surface area contributed by atoms with Gasteiger partial charge in [-0.1, -0.05) is 37.6 Å². The fourth-order valence-electron chi connectivity index (χ4n) is 3.47. The van der Waals surface area contributed by atoms with Gasteiger partial charge < -0.3 is 14.8 Å². The molecule has 21 heavy (non-hydrogen) atoms. The second-order valence-corrected chi connectivity index (χ2v) is 5.83. The topological polar surface area (TPSA) is 30.5 Å². The highest BCUT2D eigenvalue weighted by molar-refractivity contribution is 5.28. The minimum atomic E-state index is -0.146. The Hall–Kier alpha value is -0.900. The number of nitrogens with one attached hydrogen (secondary N) is 1. The van der Waals surface area contributed by atoms with Crippen LogP contribution in [0, 0.1) is 0 Å². The Morgan fingerprint density at radius 1 is 1.29 bits per heavy atom. The summed E-state index contributed by atoms with van der Waals surface area (Å²) in [5.41, 5.74) is 2.60. The van der Waals surface area contributed by atoms with E-state index in [0.717, 1.165) is 39.1 Å². The first-order valence-corrected chi connectivity index (χ1v) is 8.23. The molecule has 1 saturated heterocycles.